The molecule has 0 spiro atoms. The van der Waals surface area contributed by atoms with Gasteiger partial charge in [-0.15, -0.1) is 6.58 Å². The van der Waals surface area contributed by atoms with Gasteiger partial charge in [-0.1, -0.05) is 6.08 Å². The van der Waals surface area contributed by atoms with E-state index in [2.05, 4.69) is 17.2 Å². The molecule has 1 aromatic carbocycles. The average Bonchev–Trinajstić information content (AvgIpc) is 3.30. The number of hydrogen-bond acceptors (Lipinski definition) is 3. The van der Waals surface area contributed by atoms with Crippen molar-refractivity contribution in [3.8, 4) is 0 Å². The molecular formula is C16H21N3O2. The second-order valence-corrected chi connectivity index (χ2v) is 5.59. The third kappa shape index (κ3) is 3.70. The van der Waals surface area contributed by atoms with Gasteiger partial charge in [-0.2, -0.15) is 0 Å². The fourth-order valence-electron chi connectivity index (χ4n) is 2.11. The van der Waals surface area contributed by atoms with Gasteiger partial charge in [0.2, 0.25) is 5.91 Å². The number of carbonyl (C=O) groups excluding carboxylic acids is 2. The molecule has 1 aliphatic carbocycles. The number of carbonyl (C=O) groups is 2. The molecule has 1 saturated carbocycles. The predicted molar refractivity (Wildman–Crippen MR) is 82.9 cm³/mol. The molecule has 1 aromatic rings. The summed E-state index contributed by atoms with van der Waals surface area (Å²) >= 11 is 0. The van der Waals surface area contributed by atoms with E-state index >= 15 is 0 Å². The van der Waals surface area contributed by atoms with Gasteiger partial charge in [0.05, 0.1) is 5.54 Å². The quantitative estimate of drug-likeness (QED) is 0.696. The maximum absolute atomic E-state index is 12.1. The number of rotatable bonds is 6. The van der Waals surface area contributed by atoms with Crippen LogP contribution in [-0.4, -0.2) is 23.9 Å². The highest BCUT2D eigenvalue weighted by Gasteiger charge is 2.44. The van der Waals surface area contributed by atoms with Crippen LogP contribution < -0.4 is 16.4 Å². The summed E-state index contributed by atoms with van der Waals surface area (Å²) in [5.74, 6) is -0.0928. The van der Waals surface area contributed by atoms with Crippen LogP contribution in [0.5, 0.6) is 0 Å². The average molecular weight is 287 g/mol. The zero-order chi connectivity index (χ0) is 15.5. The number of amides is 2. The lowest BCUT2D eigenvalue weighted by molar-refractivity contribution is -0.121. The zero-order valence-electron chi connectivity index (χ0n) is 12.2. The van der Waals surface area contributed by atoms with E-state index in [4.69, 9.17) is 5.73 Å². The summed E-state index contributed by atoms with van der Waals surface area (Å²) in [6.45, 7) is 5.72. The third-order valence-electron chi connectivity index (χ3n) is 3.73. The van der Waals surface area contributed by atoms with Gasteiger partial charge >= 0.3 is 0 Å². The Hall–Kier alpha value is -2.14. The van der Waals surface area contributed by atoms with Crippen molar-refractivity contribution >= 4 is 17.5 Å². The first kappa shape index (κ1) is 15.3. The van der Waals surface area contributed by atoms with Crippen molar-refractivity contribution in [2.24, 2.45) is 11.7 Å². The van der Waals surface area contributed by atoms with Crippen LogP contribution in [0.15, 0.2) is 36.9 Å². The minimum atomic E-state index is -0.833. The molecule has 5 nitrogen and oxygen atoms in total. The monoisotopic (exact) mass is 287 g/mol. The van der Waals surface area contributed by atoms with E-state index < -0.39 is 5.54 Å². The molecule has 5 heteroatoms. The van der Waals surface area contributed by atoms with Gasteiger partial charge in [0.25, 0.3) is 5.91 Å². The molecule has 1 atom stereocenters. The van der Waals surface area contributed by atoms with Crippen LogP contribution in [0, 0.1) is 5.92 Å². The van der Waals surface area contributed by atoms with Gasteiger partial charge in [-0.25, -0.2) is 0 Å². The third-order valence-corrected chi connectivity index (χ3v) is 3.73. The first-order valence-corrected chi connectivity index (χ1v) is 7.04. The zero-order valence-corrected chi connectivity index (χ0v) is 12.2. The fourth-order valence-corrected chi connectivity index (χ4v) is 2.11. The van der Waals surface area contributed by atoms with Crippen LogP contribution >= 0.6 is 0 Å². The maximum atomic E-state index is 12.1. The van der Waals surface area contributed by atoms with Crippen LogP contribution in [0.1, 0.15) is 30.1 Å². The van der Waals surface area contributed by atoms with E-state index in [1.807, 2.05) is 0 Å². The van der Waals surface area contributed by atoms with Crippen LogP contribution in [0.25, 0.3) is 0 Å². The second-order valence-electron chi connectivity index (χ2n) is 5.59. The van der Waals surface area contributed by atoms with E-state index in [0.29, 0.717) is 17.8 Å². The molecule has 2 amide bonds. The molecule has 0 bridgehead atoms. The number of benzene rings is 1. The lowest BCUT2D eigenvalue weighted by Gasteiger charge is -2.23. The van der Waals surface area contributed by atoms with E-state index in [9.17, 15) is 9.59 Å². The Labute approximate surface area is 124 Å². The van der Waals surface area contributed by atoms with Crippen molar-refractivity contribution in [3.63, 3.8) is 0 Å². The lowest BCUT2D eigenvalue weighted by atomic mass is 9.96. The van der Waals surface area contributed by atoms with E-state index in [-0.39, 0.29) is 17.7 Å². The second kappa shape index (κ2) is 6.10. The Morgan fingerprint density at radius 1 is 1.38 bits per heavy atom. The van der Waals surface area contributed by atoms with Crippen molar-refractivity contribution in [2.75, 3.05) is 11.9 Å². The highest BCUT2D eigenvalue weighted by Crippen LogP contribution is 2.38. The van der Waals surface area contributed by atoms with Crippen molar-refractivity contribution in [1.29, 1.82) is 0 Å². The molecule has 21 heavy (non-hydrogen) atoms. The van der Waals surface area contributed by atoms with E-state index in [0.717, 1.165) is 12.8 Å². The van der Waals surface area contributed by atoms with Crippen molar-refractivity contribution in [3.05, 3.63) is 42.5 Å². The molecule has 2 rings (SSSR count). The smallest absolute Gasteiger partial charge is 0.251 e. The van der Waals surface area contributed by atoms with Crippen LogP contribution in [0.4, 0.5) is 5.69 Å². The number of nitrogens with two attached hydrogens (primary N) is 1. The Morgan fingerprint density at radius 2 is 2.00 bits per heavy atom. The van der Waals surface area contributed by atoms with Crippen LogP contribution in [0.2, 0.25) is 0 Å². The normalized spacial score (nSPS) is 16.7. The van der Waals surface area contributed by atoms with Crippen molar-refractivity contribution in [1.82, 2.24) is 5.32 Å². The molecule has 0 aliphatic heterocycles. The summed E-state index contributed by atoms with van der Waals surface area (Å²) in [5.41, 5.74) is 6.40. The number of hydrogen-bond donors (Lipinski definition) is 3. The molecule has 4 N–H and O–H groups in total. The number of nitrogens with one attached hydrogen (secondary N) is 2. The first-order valence-electron chi connectivity index (χ1n) is 7.04. The highest BCUT2D eigenvalue weighted by atomic mass is 16.2. The molecule has 0 aromatic heterocycles. The standard InChI is InChI=1S/C16H21N3O2/c1-3-10-18-14(20)11-4-8-13(9-5-11)19-15(21)16(2,17)12-6-7-12/h3-5,8-9,12H,1,6-7,10,17H2,2H3,(H,18,20)(H,19,21). The Balaban J connectivity index is 1.97. The SMILES string of the molecule is C=CCNC(=O)c1ccc(NC(=O)C(C)(N)C2CC2)cc1. The highest BCUT2D eigenvalue weighted by molar-refractivity contribution is 5.99. The van der Waals surface area contributed by atoms with Crippen LogP contribution in [0.3, 0.4) is 0 Å². The van der Waals surface area contributed by atoms with Gasteiger partial charge in [0.1, 0.15) is 0 Å². The Morgan fingerprint density at radius 3 is 2.52 bits per heavy atom. The predicted octanol–water partition coefficient (Wildman–Crippen LogP) is 1.67. The molecule has 1 aliphatic rings. The maximum Gasteiger partial charge on any atom is 0.251 e. The van der Waals surface area contributed by atoms with Crippen molar-refractivity contribution in [2.45, 2.75) is 25.3 Å². The molecule has 1 fully saturated rings. The van der Waals surface area contributed by atoms with Crippen LogP contribution in [-0.2, 0) is 4.79 Å². The first-order chi connectivity index (χ1) is 9.95. The largest absolute Gasteiger partial charge is 0.349 e. The summed E-state index contributed by atoms with van der Waals surface area (Å²) in [7, 11) is 0. The summed E-state index contributed by atoms with van der Waals surface area (Å²) in [6.07, 6.45) is 3.62. The molecule has 1 unspecified atom stereocenters. The molecule has 112 valence electrons. The Bertz CT molecular complexity index is 545. The van der Waals surface area contributed by atoms with Gasteiger partial charge in [0.15, 0.2) is 0 Å². The Kier molecular flexibility index (Phi) is 4.43. The van der Waals surface area contributed by atoms with Crippen molar-refractivity contribution < 1.29 is 9.59 Å². The topological polar surface area (TPSA) is 84.2 Å². The minimum Gasteiger partial charge on any atom is -0.349 e. The van der Waals surface area contributed by atoms with Gasteiger partial charge < -0.3 is 16.4 Å². The van der Waals surface area contributed by atoms with Gasteiger partial charge in [-0.05, 0) is 49.9 Å². The fraction of sp³-hybridized carbons (Fsp3) is 0.375. The summed E-state index contributed by atoms with van der Waals surface area (Å²) in [5, 5.41) is 5.49. The molecule has 0 radical (unpaired) electrons. The number of anilines is 1. The van der Waals surface area contributed by atoms with Gasteiger partial charge in [0, 0.05) is 17.8 Å². The lowest BCUT2D eigenvalue weighted by Crippen LogP contribution is -2.50. The molecular weight excluding hydrogens is 266 g/mol. The van der Waals surface area contributed by atoms with Gasteiger partial charge in [-0.3, -0.25) is 9.59 Å². The van der Waals surface area contributed by atoms with E-state index in [1.165, 1.54) is 0 Å². The molecule has 0 heterocycles. The summed E-state index contributed by atoms with van der Waals surface area (Å²) < 4.78 is 0. The summed E-state index contributed by atoms with van der Waals surface area (Å²) in [6, 6.07) is 6.73. The van der Waals surface area contributed by atoms with E-state index in [1.54, 1.807) is 37.3 Å². The minimum absolute atomic E-state index is 0.172. The summed E-state index contributed by atoms with van der Waals surface area (Å²) in [4.78, 5) is 23.9. The molecule has 0 saturated heterocycles.